The summed E-state index contributed by atoms with van der Waals surface area (Å²) in [4.78, 5) is 40.5. The molecule has 238 valence electrons. The Morgan fingerprint density at radius 2 is 1.70 bits per heavy atom. The van der Waals surface area contributed by atoms with Gasteiger partial charge in [-0.25, -0.2) is 0 Å². The van der Waals surface area contributed by atoms with Crippen LogP contribution in [-0.4, -0.2) is 86.2 Å². The molecular weight excluding hydrogens is 584 g/mol. The van der Waals surface area contributed by atoms with E-state index in [1.807, 2.05) is 0 Å². The molecule has 0 aliphatic carbocycles. The van der Waals surface area contributed by atoms with Crippen LogP contribution in [0.2, 0.25) is 0 Å². The van der Waals surface area contributed by atoms with Gasteiger partial charge in [0, 0.05) is 44.7 Å². The minimum absolute atomic E-state index is 0.0287. The van der Waals surface area contributed by atoms with Crippen LogP contribution in [0.15, 0.2) is 42.5 Å². The van der Waals surface area contributed by atoms with E-state index in [9.17, 15) is 32.6 Å². The second kappa shape index (κ2) is 14.1. The lowest BCUT2D eigenvalue weighted by Crippen LogP contribution is -2.51. The number of rotatable bonds is 13. The van der Waals surface area contributed by atoms with Crippen LogP contribution in [0.5, 0.6) is 0 Å². The second-order valence-electron chi connectivity index (χ2n) is 10.8. The van der Waals surface area contributed by atoms with Gasteiger partial charge in [0.1, 0.15) is 11.6 Å². The quantitative estimate of drug-likeness (QED) is 0.155. The molecule has 4 rings (SSSR count). The topological polar surface area (TPSA) is 195 Å². The van der Waals surface area contributed by atoms with Crippen molar-refractivity contribution >= 4 is 36.0 Å². The van der Waals surface area contributed by atoms with Gasteiger partial charge in [0.2, 0.25) is 17.7 Å². The summed E-state index contributed by atoms with van der Waals surface area (Å²) in [6.07, 6.45) is -4.78. The second-order valence-corrected chi connectivity index (χ2v) is 10.8. The first-order valence-electron chi connectivity index (χ1n) is 14.2. The number of anilines is 1. The van der Waals surface area contributed by atoms with Crippen LogP contribution in [0.1, 0.15) is 29.5 Å². The Labute approximate surface area is 252 Å². The van der Waals surface area contributed by atoms with Crippen LogP contribution in [0.4, 0.5) is 18.9 Å². The molecule has 0 bridgehead atoms. The third kappa shape index (κ3) is 7.75. The van der Waals surface area contributed by atoms with Gasteiger partial charge in [0.15, 0.2) is 0 Å². The number of benzene rings is 2. The minimum Gasteiger partial charge on any atom is -0.423 e. The number of fused-ring (bicyclic) bond motifs is 2. The minimum atomic E-state index is -4.54. The molecule has 12 nitrogen and oxygen atoms in total. The van der Waals surface area contributed by atoms with E-state index < -0.39 is 48.4 Å². The lowest BCUT2D eigenvalue weighted by Gasteiger charge is -2.38. The molecule has 0 radical (unpaired) electrons. The largest absolute Gasteiger partial charge is 0.492 e. The molecule has 2 aromatic carbocycles. The molecule has 1 saturated heterocycles. The number of carbonyl (C=O) groups is 3. The molecule has 2 aliphatic heterocycles. The Hall–Kier alpha value is -3.54. The number of hydrogen-bond acceptors (Lipinski definition) is 9. The van der Waals surface area contributed by atoms with Crippen LogP contribution < -0.4 is 33.3 Å². The van der Waals surface area contributed by atoms with E-state index in [0.29, 0.717) is 29.8 Å². The Bertz CT molecular complexity index is 1340. The van der Waals surface area contributed by atoms with Gasteiger partial charge in [0.25, 0.3) is 0 Å². The van der Waals surface area contributed by atoms with E-state index in [0.717, 1.165) is 17.7 Å². The molecule has 2 aromatic rings. The Morgan fingerprint density at radius 3 is 2.27 bits per heavy atom. The van der Waals surface area contributed by atoms with Gasteiger partial charge >= 0.3 is 13.3 Å². The summed E-state index contributed by atoms with van der Waals surface area (Å²) in [6, 6.07) is 6.69. The maximum Gasteiger partial charge on any atom is 0.492 e. The summed E-state index contributed by atoms with van der Waals surface area (Å²) in [5, 5.41) is 15.7. The van der Waals surface area contributed by atoms with Crippen molar-refractivity contribution in [3.05, 3.63) is 59.2 Å². The number of nitrogens with one attached hydrogen (secondary N) is 2. The average Bonchev–Trinajstić information content (AvgIpc) is 3.27. The SMILES string of the molecule is NCCN(CCN)C(=O)CCC(N)C(=O)NC(Cc1ccc(C(F)(F)F)cc1)C(=O)Nc1ccc2c(c1)B(O)OC21COC1. The molecule has 2 heterocycles. The van der Waals surface area contributed by atoms with E-state index >= 15 is 0 Å². The third-order valence-electron chi connectivity index (χ3n) is 7.59. The first-order valence-corrected chi connectivity index (χ1v) is 14.2. The van der Waals surface area contributed by atoms with Crippen molar-refractivity contribution < 1.29 is 42.0 Å². The van der Waals surface area contributed by atoms with E-state index in [1.165, 1.54) is 17.0 Å². The van der Waals surface area contributed by atoms with Crippen molar-refractivity contribution in [1.82, 2.24) is 10.2 Å². The van der Waals surface area contributed by atoms with Gasteiger partial charge in [-0.1, -0.05) is 18.2 Å². The Balaban J connectivity index is 1.47. The summed E-state index contributed by atoms with van der Waals surface area (Å²) in [7, 11) is -1.22. The van der Waals surface area contributed by atoms with Gasteiger partial charge in [-0.2, -0.15) is 13.2 Å². The highest BCUT2D eigenvalue weighted by atomic mass is 19.4. The molecule has 44 heavy (non-hydrogen) atoms. The number of amides is 3. The summed E-state index contributed by atoms with van der Waals surface area (Å²) in [6.45, 7) is 1.65. The number of carbonyl (C=O) groups excluding carboxylic acids is 3. The zero-order valence-corrected chi connectivity index (χ0v) is 23.9. The monoisotopic (exact) mass is 620 g/mol. The molecule has 1 fully saturated rings. The molecule has 2 aliphatic rings. The molecule has 2 atom stereocenters. The van der Waals surface area contributed by atoms with Crippen molar-refractivity contribution in [2.75, 3.05) is 44.7 Å². The summed E-state index contributed by atoms with van der Waals surface area (Å²) in [5.41, 5.74) is 17.4. The smallest absolute Gasteiger partial charge is 0.423 e. The number of nitrogens with zero attached hydrogens (tertiary/aromatic N) is 1. The van der Waals surface area contributed by atoms with Crippen LogP contribution in [0, 0.1) is 0 Å². The fourth-order valence-corrected chi connectivity index (χ4v) is 5.14. The maximum atomic E-state index is 13.4. The standard InChI is InChI=1S/C28H36BF3N6O6/c30-28(31,32)18-3-1-17(2-4-18)13-23(37-25(40)22(35)7-8-24(39)38(11-9-33)12-10-34)26(41)36-19-5-6-20-21(14-19)29(42)44-27(20)15-43-16-27/h1-6,14,22-23,42H,7-13,15-16,33-35H2,(H,36,41)(H,37,40). The first-order chi connectivity index (χ1) is 20.9. The number of alkyl halides is 3. The highest BCUT2D eigenvalue weighted by Crippen LogP contribution is 2.38. The van der Waals surface area contributed by atoms with E-state index in [-0.39, 0.29) is 51.5 Å². The molecule has 0 aromatic heterocycles. The number of hydrogen-bond donors (Lipinski definition) is 6. The van der Waals surface area contributed by atoms with E-state index in [4.69, 9.17) is 26.6 Å². The van der Waals surface area contributed by atoms with Gasteiger partial charge < -0.3 is 47.1 Å². The zero-order valence-electron chi connectivity index (χ0n) is 23.9. The third-order valence-corrected chi connectivity index (χ3v) is 7.59. The van der Waals surface area contributed by atoms with Crippen LogP contribution >= 0.6 is 0 Å². The summed E-state index contributed by atoms with van der Waals surface area (Å²) in [5.74, 6) is -1.67. The van der Waals surface area contributed by atoms with Crippen LogP contribution in [-0.2, 0) is 42.0 Å². The summed E-state index contributed by atoms with van der Waals surface area (Å²) < 4.78 is 50.1. The highest BCUT2D eigenvalue weighted by molar-refractivity contribution is 6.62. The van der Waals surface area contributed by atoms with Crippen LogP contribution in [0.3, 0.4) is 0 Å². The van der Waals surface area contributed by atoms with Crippen molar-refractivity contribution in [2.45, 2.75) is 43.1 Å². The lowest BCUT2D eigenvalue weighted by atomic mass is 9.77. The van der Waals surface area contributed by atoms with Crippen molar-refractivity contribution in [3.63, 3.8) is 0 Å². The van der Waals surface area contributed by atoms with Gasteiger partial charge in [0.05, 0.1) is 24.8 Å². The molecule has 9 N–H and O–H groups in total. The normalized spacial score (nSPS) is 16.6. The highest BCUT2D eigenvalue weighted by Gasteiger charge is 2.52. The van der Waals surface area contributed by atoms with E-state index in [2.05, 4.69) is 10.6 Å². The lowest BCUT2D eigenvalue weighted by molar-refractivity contribution is -0.168. The number of nitrogens with two attached hydrogens (primary N) is 3. The summed E-state index contributed by atoms with van der Waals surface area (Å²) >= 11 is 0. The number of ether oxygens (including phenoxy) is 1. The van der Waals surface area contributed by atoms with Crippen molar-refractivity contribution in [2.24, 2.45) is 17.2 Å². The van der Waals surface area contributed by atoms with Gasteiger partial charge in [-0.05, 0) is 47.3 Å². The molecule has 0 saturated carbocycles. The van der Waals surface area contributed by atoms with Crippen molar-refractivity contribution in [3.8, 4) is 0 Å². The molecule has 1 spiro atoms. The Morgan fingerprint density at radius 1 is 1.05 bits per heavy atom. The number of halogens is 3. The predicted molar refractivity (Wildman–Crippen MR) is 155 cm³/mol. The fraction of sp³-hybridized carbons (Fsp3) is 0.464. The molecular formula is C28H36BF3N6O6. The van der Waals surface area contributed by atoms with Crippen molar-refractivity contribution in [1.29, 1.82) is 0 Å². The zero-order chi connectivity index (χ0) is 32.1. The molecule has 2 unspecified atom stereocenters. The van der Waals surface area contributed by atoms with Crippen LogP contribution in [0.25, 0.3) is 0 Å². The van der Waals surface area contributed by atoms with Gasteiger partial charge in [-0.3, -0.25) is 14.4 Å². The molecule has 16 heteroatoms. The fourth-order valence-electron chi connectivity index (χ4n) is 5.14. The molecule has 3 amide bonds. The average molecular weight is 620 g/mol. The predicted octanol–water partition coefficient (Wildman–Crippen LogP) is -0.832. The Kier molecular flexibility index (Phi) is 10.7. The first kappa shape index (κ1) is 33.4. The van der Waals surface area contributed by atoms with Gasteiger partial charge in [-0.15, -0.1) is 0 Å². The maximum absolute atomic E-state index is 13.4. The van der Waals surface area contributed by atoms with E-state index in [1.54, 1.807) is 18.2 Å².